The van der Waals surface area contributed by atoms with Gasteiger partial charge in [-0.25, -0.2) is 4.79 Å². The number of benzene rings is 2. The van der Waals surface area contributed by atoms with E-state index in [1.54, 1.807) is 23.1 Å². The summed E-state index contributed by atoms with van der Waals surface area (Å²) in [5, 5.41) is 14.0. The molecule has 0 radical (unpaired) electrons. The van der Waals surface area contributed by atoms with E-state index >= 15 is 0 Å². The molecule has 0 bridgehead atoms. The number of nitrogens with one attached hydrogen (secondary N) is 1. The summed E-state index contributed by atoms with van der Waals surface area (Å²) in [6.45, 7) is 2.15. The average molecular weight is 452 g/mol. The van der Waals surface area contributed by atoms with E-state index in [1.165, 1.54) is 6.07 Å². The molecule has 1 saturated heterocycles. The van der Waals surface area contributed by atoms with Crippen LogP contribution in [0.3, 0.4) is 0 Å². The largest absolute Gasteiger partial charge is 0.362 e. The summed E-state index contributed by atoms with van der Waals surface area (Å²) in [5.74, 6) is 0. The molecule has 1 fully saturated rings. The van der Waals surface area contributed by atoms with Gasteiger partial charge in [0.1, 0.15) is 5.69 Å². The first-order valence-corrected chi connectivity index (χ1v) is 8.92. The second kappa shape index (κ2) is 7.68. The molecule has 2 amide bonds. The maximum absolute atomic E-state index is 12.4. The molecule has 2 aromatic carbocycles. The molecule has 1 aliphatic rings. The van der Waals surface area contributed by atoms with Gasteiger partial charge in [-0.2, -0.15) is 0 Å². The first-order chi connectivity index (χ1) is 12.0. The first-order valence-electron chi connectivity index (χ1n) is 7.84. The lowest BCUT2D eigenvalue weighted by Crippen LogP contribution is -2.50. The number of amides is 2. The number of carbonyl (C=O) groups excluding carboxylic acids is 1. The van der Waals surface area contributed by atoms with Crippen LogP contribution in [0.5, 0.6) is 0 Å². The third kappa shape index (κ3) is 4.19. The number of carbonyl (C=O) groups is 1. The van der Waals surface area contributed by atoms with Crippen LogP contribution in [0.1, 0.15) is 0 Å². The number of halogens is 1. The SMILES string of the molecule is O=C(Nc1ccc(I)cc1)N1CCN(c2ccccc2[N+](=O)[O-])CC1. The second-order valence-electron chi connectivity index (χ2n) is 5.66. The Morgan fingerprint density at radius 3 is 2.32 bits per heavy atom. The van der Waals surface area contributed by atoms with Crippen LogP contribution in [-0.4, -0.2) is 42.0 Å². The number of hydrogen-bond donors (Lipinski definition) is 1. The van der Waals surface area contributed by atoms with E-state index in [0.717, 1.165) is 9.26 Å². The Morgan fingerprint density at radius 2 is 1.68 bits per heavy atom. The van der Waals surface area contributed by atoms with Crippen molar-refractivity contribution in [3.05, 3.63) is 62.2 Å². The number of urea groups is 1. The Labute approximate surface area is 158 Å². The van der Waals surface area contributed by atoms with Crippen molar-refractivity contribution < 1.29 is 9.72 Å². The van der Waals surface area contributed by atoms with Crippen LogP contribution in [0.25, 0.3) is 0 Å². The zero-order chi connectivity index (χ0) is 17.8. The monoisotopic (exact) mass is 452 g/mol. The van der Waals surface area contributed by atoms with Crippen molar-refractivity contribution in [3.8, 4) is 0 Å². The zero-order valence-corrected chi connectivity index (χ0v) is 15.5. The molecule has 1 heterocycles. The van der Waals surface area contributed by atoms with Crippen molar-refractivity contribution >= 4 is 45.7 Å². The number of anilines is 2. The molecule has 0 atom stereocenters. The van der Waals surface area contributed by atoms with Crippen LogP contribution in [0.2, 0.25) is 0 Å². The highest BCUT2D eigenvalue weighted by Crippen LogP contribution is 2.28. The molecule has 3 rings (SSSR count). The van der Waals surface area contributed by atoms with Crippen molar-refractivity contribution in [2.75, 3.05) is 36.4 Å². The Hall–Kier alpha value is -2.36. The average Bonchev–Trinajstić information content (AvgIpc) is 2.63. The van der Waals surface area contributed by atoms with Gasteiger partial charge in [0.05, 0.1) is 4.92 Å². The minimum absolute atomic E-state index is 0.0966. The molecule has 0 aliphatic carbocycles. The van der Waals surface area contributed by atoms with Crippen LogP contribution in [0.4, 0.5) is 21.9 Å². The highest BCUT2D eigenvalue weighted by Gasteiger charge is 2.25. The molecule has 0 saturated carbocycles. The van der Waals surface area contributed by atoms with Gasteiger partial charge in [-0.05, 0) is 52.9 Å². The quantitative estimate of drug-likeness (QED) is 0.439. The lowest BCUT2D eigenvalue weighted by atomic mass is 10.2. The molecule has 25 heavy (non-hydrogen) atoms. The van der Waals surface area contributed by atoms with Gasteiger partial charge in [0, 0.05) is 41.5 Å². The molecular formula is C17H17IN4O3. The molecule has 2 aromatic rings. The Morgan fingerprint density at radius 1 is 1.04 bits per heavy atom. The molecule has 1 N–H and O–H groups in total. The van der Waals surface area contributed by atoms with E-state index in [-0.39, 0.29) is 16.6 Å². The lowest BCUT2D eigenvalue weighted by molar-refractivity contribution is -0.384. The Bertz CT molecular complexity index is 774. The number of nitrogens with zero attached hydrogens (tertiary/aromatic N) is 3. The molecule has 1 aliphatic heterocycles. The van der Waals surface area contributed by atoms with Crippen molar-refractivity contribution in [2.45, 2.75) is 0 Å². The number of piperazine rings is 1. The Balaban J connectivity index is 1.61. The van der Waals surface area contributed by atoms with Crippen molar-refractivity contribution in [2.24, 2.45) is 0 Å². The third-order valence-corrected chi connectivity index (χ3v) is 4.80. The molecular weight excluding hydrogens is 435 g/mol. The number of nitro benzene ring substituents is 1. The molecule has 0 unspecified atom stereocenters. The number of para-hydroxylation sites is 2. The van der Waals surface area contributed by atoms with E-state index in [2.05, 4.69) is 27.9 Å². The van der Waals surface area contributed by atoms with Gasteiger partial charge >= 0.3 is 6.03 Å². The Kier molecular flexibility index (Phi) is 5.37. The van der Waals surface area contributed by atoms with Crippen molar-refractivity contribution in [3.63, 3.8) is 0 Å². The molecule has 7 nitrogen and oxygen atoms in total. The highest BCUT2D eigenvalue weighted by molar-refractivity contribution is 14.1. The second-order valence-corrected chi connectivity index (χ2v) is 6.90. The minimum Gasteiger partial charge on any atom is -0.362 e. The summed E-state index contributed by atoms with van der Waals surface area (Å²) in [4.78, 5) is 26.8. The smallest absolute Gasteiger partial charge is 0.321 e. The fourth-order valence-corrected chi connectivity index (χ4v) is 3.13. The normalized spacial score (nSPS) is 14.3. The number of rotatable bonds is 3. The third-order valence-electron chi connectivity index (χ3n) is 4.08. The van der Waals surface area contributed by atoms with E-state index in [4.69, 9.17) is 0 Å². The van der Waals surface area contributed by atoms with Crippen molar-refractivity contribution in [1.29, 1.82) is 0 Å². The topological polar surface area (TPSA) is 78.7 Å². The van der Waals surface area contributed by atoms with E-state index in [1.807, 2.05) is 29.2 Å². The van der Waals surface area contributed by atoms with Gasteiger partial charge in [-0.3, -0.25) is 10.1 Å². The van der Waals surface area contributed by atoms with Crippen LogP contribution in [0, 0.1) is 13.7 Å². The summed E-state index contributed by atoms with van der Waals surface area (Å²) < 4.78 is 1.11. The van der Waals surface area contributed by atoms with Crippen LogP contribution < -0.4 is 10.2 Å². The predicted molar refractivity (Wildman–Crippen MR) is 105 cm³/mol. The molecule has 0 spiro atoms. The van der Waals surface area contributed by atoms with E-state index in [9.17, 15) is 14.9 Å². The summed E-state index contributed by atoms with van der Waals surface area (Å²) in [7, 11) is 0. The standard InChI is InChI=1S/C17H17IN4O3/c18-13-5-7-14(8-6-13)19-17(23)21-11-9-20(10-12-21)15-3-1-2-4-16(15)22(24)25/h1-8H,9-12H2,(H,19,23). The summed E-state index contributed by atoms with van der Waals surface area (Å²) in [6.07, 6.45) is 0. The molecule has 8 heteroatoms. The number of hydrogen-bond acceptors (Lipinski definition) is 4. The fourth-order valence-electron chi connectivity index (χ4n) is 2.77. The van der Waals surface area contributed by atoms with Crippen LogP contribution >= 0.6 is 22.6 Å². The minimum atomic E-state index is -0.370. The van der Waals surface area contributed by atoms with Gasteiger partial charge in [0.2, 0.25) is 0 Å². The summed E-state index contributed by atoms with van der Waals surface area (Å²) in [5.41, 5.74) is 1.45. The maximum Gasteiger partial charge on any atom is 0.321 e. The maximum atomic E-state index is 12.4. The van der Waals surface area contributed by atoms with E-state index < -0.39 is 0 Å². The van der Waals surface area contributed by atoms with Gasteiger partial charge < -0.3 is 15.1 Å². The summed E-state index contributed by atoms with van der Waals surface area (Å²) in [6, 6.07) is 14.1. The molecule has 0 aromatic heterocycles. The number of nitro groups is 1. The molecule has 130 valence electrons. The first kappa shape index (κ1) is 17.5. The highest BCUT2D eigenvalue weighted by atomic mass is 127. The van der Waals surface area contributed by atoms with Crippen LogP contribution in [0.15, 0.2) is 48.5 Å². The van der Waals surface area contributed by atoms with Gasteiger partial charge in [-0.15, -0.1) is 0 Å². The van der Waals surface area contributed by atoms with E-state index in [0.29, 0.717) is 31.9 Å². The predicted octanol–water partition coefficient (Wildman–Crippen LogP) is 3.55. The van der Waals surface area contributed by atoms with Crippen LogP contribution in [-0.2, 0) is 0 Å². The van der Waals surface area contributed by atoms with Gasteiger partial charge in [-0.1, -0.05) is 12.1 Å². The lowest BCUT2D eigenvalue weighted by Gasteiger charge is -2.35. The summed E-state index contributed by atoms with van der Waals surface area (Å²) >= 11 is 2.21. The van der Waals surface area contributed by atoms with Gasteiger partial charge in [0.15, 0.2) is 0 Å². The van der Waals surface area contributed by atoms with Gasteiger partial charge in [0.25, 0.3) is 5.69 Å². The fraction of sp³-hybridized carbons (Fsp3) is 0.235. The van der Waals surface area contributed by atoms with Crippen molar-refractivity contribution in [1.82, 2.24) is 4.90 Å². The zero-order valence-electron chi connectivity index (χ0n) is 13.4.